The zero-order chi connectivity index (χ0) is 22.7. The SMILES string of the molecule is C=N/C(=C\c1c(C)c(-c2cnn(C)c2)nn1C1CCC(Oc2cccc(C)c2)CC1)NC. The summed E-state index contributed by atoms with van der Waals surface area (Å²) in [6.45, 7) is 7.89. The maximum absolute atomic E-state index is 6.27. The van der Waals surface area contributed by atoms with E-state index in [4.69, 9.17) is 9.84 Å². The highest BCUT2D eigenvalue weighted by molar-refractivity contribution is 5.68. The number of benzene rings is 1. The molecule has 1 aromatic carbocycles. The van der Waals surface area contributed by atoms with Crippen molar-refractivity contribution in [2.24, 2.45) is 12.0 Å². The molecule has 7 heteroatoms. The summed E-state index contributed by atoms with van der Waals surface area (Å²) < 4.78 is 10.2. The van der Waals surface area contributed by atoms with Crippen LogP contribution in [0.3, 0.4) is 0 Å². The summed E-state index contributed by atoms with van der Waals surface area (Å²) in [5.74, 6) is 1.69. The van der Waals surface area contributed by atoms with Crippen molar-refractivity contribution in [3.63, 3.8) is 0 Å². The minimum atomic E-state index is 0.240. The van der Waals surface area contributed by atoms with Gasteiger partial charge < -0.3 is 10.1 Å². The van der Waals surface area contributed by atoms with Crippen molar-refractivity contribution in [2.75, 3.05) is 7.05 Å². The first-order valence-electron chi connectivity index (χ1n) is 11.2. The fourth-order valence-corrected chi connectivity index (χ4v) is 4.42. The standard InChI is InChI=1S/C25H32N6O/c1-17-7-6-8-22(13-17)32-21-11-9-20(10-12-21)31-23(14-24(26-3)27-4)18(2)25(29-31)19-15-28-30(5)16-19/h6-8,13-16,20-21,27H,3,9-12H2,1-2,4-5H3/b24-14+. The van der Waals surface area contributed by atoms with E-state index >= 15 is 0 Å². The molecule has 1 aliphatic carbocycles. The molecule has 0 amide bonds. The zero-order valence-corrected chi connectivity index (χ0v) is 19.4. The highest BCUT2D eigenvalue weighted by Crippen LogP contribution is 2.35. The summed E-state index contributed by atoms with van der Waals surface area (Å²) in [6.07, 6.45) is 10.2. The smallest absolute Gasteiger partial charge is 0.127 e. The predicted octanol–water partition coefficient (Wildman–Crippen LogP) is 4.68. The Bertz CT molecular complexity index is 1120. The van der Waals surface area contributed by atoms with Gasteiger partial charge in [0.2, 0.25) is 0 Å². The van der Waals surface area contributed by atoms with E-state index in [1.807, 2.05) is 49.4 Å². The van der Waals surface area contributed by atoms with E-state index in [1.54, 1.807) is 0 Å². The van der Waals surface area contributed by atoms with Crippen molar-refractivity contribution < 1.29 is 4.74 Å². The summed E-state index contributed by atoms with van der Waals surface area (Å²) in [4.78, 5) is 4.10. The quantitative estimate of drug-likeness (QED) is 0.550. The van der Waals surface area contributed by atoms with E-state index in [-0.39, 0.29) is 6.10 Å². The average Bonchev–Trinajstić information content (AvgIpc) is 3.35. The first-order chi connectivity index (χ1) is 15.5. The lowest BCUT2D eigenvalue weighted by molar-refractivity contribution is 0.129. The molecule has 2 heterocycles. The van der Waals surface area contributed by atoms with E-state index in [9.17, 15) is 0 Å². The van der Waals surface area contributed by atoms with Crippen molar-refractivity contribution in [3.8, 4) is 17.0 Å². The summed E-state index contributed by atoms with van der Waals surface area (Å²) in [5, 5.41) is 12.5. The molecule has 4 rings (SSSR count). The Morgan fingerprint density at radius 1 is 1.25 bits per heavy atom. The van der Waals surface area contributed by atoms with E-state index < -0.39 is 0 Å². The maximum atomic E-state index is 6.27. The molecule has 0 radical (unpaired) electrons. The molecule has 2 aromatic heterocycles. The molecule has 0 spiro atoms. The van der Waals surface area contributed by atoms with Crippen molar-refractivity contribution in [1.82, 2.24) is 24.9 Å². The molecule has 3 aromatic rings. The van der Waals surface area contributed by atoms with Gasteiger partial charge in [0, 0.05) is 37.5 Å². The zero-order valence-electron chi connectivity index (χ0n) is 19.4. The molecule has 0 atom stereocenters. The van der Waals surface area contributed by atoms with Gasteiger partial charge in [-0.05, 0) is 63.9 Å². The van der Waals surface area contributed by atoms with Crippen molar-refractivity contribution >= 4 is 12.8 Å². The topological polar surface area (TPSA) is 69.3 Å². The van der Waals surface area contributed by atoms with Crippen LogP contribution in [0.1, 0.15) is 48.5 Å². The van der Waals surface area contributed by atoms with Crippen molar-refractivity contribution in [3.05, 3.63) is 59.3 Å². The minimum Gasteiger partial charge on any atom is -0.490 e. The van der Waals surface area contributed by atoms with Crippen LogP contribution >= 0.6 is 0 Å². The van der Waals surface area contributed by atoms with Crippen LogP contribution in [-0.4, -0.2) is 39.4 Å². The minimum absolute atomic E-state index is 0.240. The van der Waals surface area contributed by atoms with E-state index in [1.165, 1.54) is 5.56 Å². The van der Waals surface area contributed by atoms with E-state index in [0.717, 1.165) is 59.8 Å². The van der Waals surface area contributed by atoms with Crippen molar-refractivity contribution in [1.29, 1.82) is 0 Å². The second-order valence-electron chi connectivity index (χ2n) is 8.51. The molecule has 0 saturated heterocycles. The van der Waals surface area contributed by atoms with Gasteiger partial charge >= 0.3 is 0 Å². The first kappa shape index (κ1) is 21.9. The number of ether oxygens (including phenoxy) is 1. The molecule has 1 aliphatic rings. The predicted molar refractivity (Wildman–Crippen MR) is 129 cm³/mol. The Hall–Kier alpha value is -3.35. The average molecular weight is 433 g/mol. The van der Waals surface area contributed by atoms with Gasteiger partial charge in [0.25, 0.3) is 0 Å². The van der Waals surface area contributed by atoms with Crippen LogP contribution in [0.25, 0.3) is 17.3 Å². The van der Waals surface area contributed by atoms with Crippen molar-refractivity contribution in [2.45, 2.75) is 51.7 Å². The van der Waals surface area contributed by atoms with Gasteiger partial charge in [-0.15, -0.1) is 0 Å². The van der Waals surface area contributed by atoms with Crippen LogP contribution in [0.15, 0.2) is 47.5 Å². The van der Waals surface area contributed by atoms with Crippen LogP contribution in [0, 0.1) is 13.8 Å². The monoisotopic (exact) mass is 432 g/mol. The van der Waals surface area contributed by atoms with Gasteiger partial charge in [0.1, 0.15) is 11.6 Å². The highest BCUT2D eigenvalue weighted by Gasteiger charge is 2.27. The lowest BCUT2D eigenvalue weighted by Gasteiger charge is -2.30. The van der Waals surface area contributed by atoms with Crippen LogP contribution in [-0.2, 0) is 7.05 Å². The number of aryl methyl sites for hydroxylation is 2. The normalized spacial score (nSPS) is 19.1. The number of nitrogens with one attached hydrogen (secondary N) is 1. The second-order valence-corrected chi connectivity index (χ2v) is 8.51. The van der Waals surface area contributed by atoms with Crippen LogP contribution < -0.4 is 10.1 Å². The molecule has 1 saturated carbocycles. The van der Waals surface area contributed by atoms with E-state index in [2.05, 4.69) is 52.8 Å². The highest BCUT2D eigenvalue weighted by atomic mass is 16.5. The molecule has 168 valence electrons. The molecular formula is C25H32N6O. The molecule has 0 bridgehead atoms. The Morgan fingerprint density at radius 2 is 2.03 bits per heavy atom. The lowest BCUT2D eigenvalue weighted by Crippen LogP contribution is -2.26. The van der Waals surface area contributed by atoms with Gasteiger partial charge in [0.05, 0.1) is 29.7 Å². The summed E-state index contributed by atoms with van der Waals surface area (Å²) in [7, 11) is 3.78. The fourth-order valence-electron chi connectivity index (χ4n) is 4.42. The largest absolute Gasteiger partial charge is 0.490 e. The number of rotatable bonds is 7. The summed E-state index contributed by atoms with van der Waals surface area (Å²) in [6, 6.07) is 8.60. The van der Waals surface area contributed by atoms with Gasteiger partial charge in [0.15, 0.2) is 0 Å². The molecule has 1 fully saturated rings. The van der Waals surface area contributed by atoms with E-state index in [0.29, 0.717) is 6.04 Å². The number of hydrogen-bond donors (Lipinski definition) is 1. The van der Waals surface area contributed by atoms with Crippen LogP contribution in [0.2, 0.25) is 0 Å². The fraction of sp³-hybridized carbons (Fsp3) is 0.400. The van der Waals surface area contributed by atoms with Gasteiger partial charge in [-0.25, -0.2) is 4.99 Å². The number of hydrogen-bond acceptors (Lipinski definition) is 5. The van der Waals surface area contributed by atoms with Crippen LogP contribution in [0.5, 0.6) is 5.75 Å². The maximum Gasteiger partial charge on any atom is 0.127 e. The third-order valence-electron chi connectivity index (χ3n) is 6.15. The molecular weight excluding hydrogens is 400 g/mol. The Morgan fingerprint density at radius 3 is 2.66 bits per heavy atom. The van der Waals surface area contributed by atoms with Gasteiger partial charge in [-0.2, -0.15) is 10.2 Å². The molecule has 1 N–H and O–H groups in total. The Balaban J connectivity index is 1.58. The Kier molecular flexibility index (Phi) is 6.44. The number of nitrogens with zero attached hydrogens (tertiary/aromatic N) is 5. The molecule has 0 unspecified atom stereocenters. The molecule has 0 aliphatic heterocycles. The number of aliphatic imine (C=N–C) groups is 1. The lowest BCUT2D eigenvalue weighted by atomic mass is 9.92. The molecule has 7 nitrogen and oxygen atoms in total. The third-order valence-corrected chi connectivity index (χ3v) is 6.15. The van der Waals surface area contributed by atoms with Gasteiger partial charge in [-0.1, -0.05) is 12.1 Å². The second kappa shape index (κ2) is 9.42. The summed E-state index contributed by atoms with van der Waals surface area (Å²) in [5.41, 5.74) is 5.38. The van der Waals surface area contributed by atoms with Crippen LogP contribution in [0.4, 0.5) is 0 Å². The third kappa shape index (κ3) is 4.61. The summed E-state index contributed by atoms with van der Waals surface area (Å²) >= 11 is 0. The molecule has 32 heavy (non-hydrogen) atoms. The Labute approximate surface area is 189 Å². The first-order valence-corrected chi connectivity index (χ1v) is 11.2. The van der Waals surface area contributed by atoms with Gasteiger partial charge in [-0.3, -0.25) is 9.36 Å². The number of aromatic nitrogens is 4.